The zero-order valence-corrected chi connectivity index (χ0v) is 16.2. The van der Waals surface area contributed by atoms with Crippen molar-refractivity contribution >= 4 is 17.3 Å². The highest BCUT2D eigenvalue weighted by Crippen LogP contribution is 2.52. The summed E-state index contributed by atoms with van der Waals surface area (Å²) in [6.07, 6.45) is 6.49. The summed E-state index contributed by atoms with van der Waals surface area (Å²) in [5.74, 6) is 0.224. The van der Waals surface area contributed by atoms with Gasteiger partial charge in [0.2, 0.25) is 0 Å². The van der Waals surface area contributed by atoms with Crippen LogP contribution in [0.2, 0.25) is 0 Å². The Morgan fingerprint density at radius 2 is 2.07 bits per heavy atom. The molecule has 4 rings (SSSR count). The number of allylic oxidation sites excluding steroid dienone is 2. The first-order chi connectivity index (χ1) is 12.9. The molecule has 1 aromatic carbocycles. The number of carbonyl (C=O) groups is 2. The second kappa shape index (κ2) is 6.64. The number of fused-ring (bicyclic) bond motifs is 4. The van der Waals surface area contributed by atoms with Gasteiger partial charge in [-0.2, -0.15) is 0 Å². The highest BCUT2D eigenvalue weighted by molar-refractivity contribution is 6.03. The number of rotatable bonds is 5. The fraction of sp³-hybridized carbons (Fsp3) is 0.455. The van der Waals surface area contributed by atoms with E-state index in [0.717, 1.165) is 42.8 Å². The van der Waals surface area contributed by atoms with Crippen molar-refractivity contribution in [2.24, 2.45) is 0 Å². The molecule has 0 fully saturated rings. The van der Waals surface area contributed by atoms with Crippen molar-refractivity contribution in [3.05, 3.63) is 46.6 Å². The van der Waals surface area contributed by atoms with Gasteiger partial charge in [-0.05, 0) is 57.6 Å². The van der Waals surface area contributed by atoms with Crippen LogP contribution in [0.5, 0.6) is 5.75 Å². The molecule has 0 saturated heterocycles. The third kappa shape index (κ3) is 2.90. The highest BCUT2D eigenvalue weighted by atomic mass is 16.3. The Balaban J connectivity index is 1.78. The standard InChI is InChI=1S/C22H26N2O3/c1-13(25)16-11-17-19(12-21(16)27)24(10-4-9-23(2)3)18-7-5-14-15(22(17)18)6-8-20(14)26/h5,7,11-12,18,22,27H,4,6,8-10H2,1-3H3. The second-order valence-electron chi connectivity index (χ2n) is 8.02. The smallest absolute Gasteiger partial charge is 0.163 e. The Bertz CT molecular complexity index is 882. The fourth-order valence-corrected chi connectivity index (χ4v) is 4.75. The van der Waals surface area contributed by atoms with Crippen LogP contribution in [-0.4, -0.2) is 54.8 Å². The predicted octanol–water partition coefficient (Wildman–Crippen LogP) is 3.05. The molecule has 27 heavy (non-hydrogen) atoms. The van der Waals surface area contributed by atoms with Crippen LogP contribution in [0, 0.1) is 0 Å². The van der Waals surface area contributed by atoms with E-state index in [9.17, 15) is 14.7 Å². The van der Waals surface area contributed by atoms with Gasteiger partial charge in [-0.25, -0.2) is 0 Å². The number of phenolic OH excluding ortho intramolecular Hbond substituents is 1. The molecular weight excluding hydrogens is 340 g/mol. The first-order valence-electron chi connectivity index (χ1n) is 9.62. The van der Waals surface area contributed by atoms with Crippen molar-refractivity contribution in [2.45, 2.75) is 38.1 Å². The molecule has 0 aromatic heterocycles. The number of ketones is 2. The van der Waals surface area contributed by atoms with Gasteiger partial charge < -0.3 is 14.9 Å². The number of aromatic hydroxyl groups is 1. The van der Waals surface area contributed by atoms with Gasteiger partial charge in [0.05, 0.1) is 11.6 Å². The lowest BCUT2D eigenvalue weighted by atomic mass is 9.81. The van der Waals surface area contributed by atoms with Crippen molar-refractivity contribution in [1.82, 2.24) is 4.90 Å². The summed E-state index contributed by atoms with van der Waals surface area (Å²) in [5.41, 5.74) is 4.48. The zero-order valence-electron chi connectivity index (χ0n) is 16.2. The van der Waals surface area contributed by atoms with Crippen molar-refractivity contribution in [3.63, 3.8) is 0 Å². The molecule has 0 saturated carbocycles. The molecule has 0 spiro atoms. The number of hydrogen-bond donors (Lipinski definition) is 1. The topological polar surface area (TPSA) is 60.9 Å². The van der Waals surface area contributed by atoms with Crippen molar-refractivity contribution in [1.29, 1.82) is 0 Å². The van der Waals surface area contributed by atoms with E-state index in [1.807, 2.05) is 12.1 Å². The third-order valence-electron chi connectivity index (χ3n) is 5.98. The average molecular weight is 366 g/mol. The van der Waals surface area contributed by atoms with Gasteiger partial charge in [-0.1, -0.05) is 12.2 Å². The van der Waals surface area contributed by atoms with Crippen LogP contribution < -0.4 is 4.90 Å². The Morgan fingerprint density at radius 3 is 2.78 bits per heavy atom. The lowest BCUT2D eigenvalue weighted by Crippen LogP contribution is -2.36. The summed E-state index contributed by atoms with van der Waals surface area (Å²) in [5, 5.41) is 10.4. The van der Waals surface area contributed by atoms with Gasteiger partial charge in [0, 0.05) is 36.2 Å². The van der Waals surface area contributed by atoms with Gasteiger partial charge in [0.15, 0.2) is 11.6 Å². The lowest BCUT2D eigenvalue weighted by molar-refractivity contribution is -0.114. The van der Waals surface area contributed by atoms with Crippen molar-refractivity contribution in [3.8, 4) is 5.75 Å². The Morgan fingerprint density at radius 1 is 1.30 bits per heavy atom. The molecule has 142 valence electrons. The number of nitrogens with zero attached hydrogens (tertiary/aromatic N) is 2. The van der Waals surface area contributed by atoms with Crippen LogP contribution in [0.1, 0.15) is 48.0 Å². The molecule has 2 atom stereocenters. The molecule has 1 aliphatic heterocycles. The minimum Gasteiger partial charge on any atom is -0.507 e. The van der Waals surface area contributed by atoms with Gasteiger partial charge in [0.25, 0.3) is 0 Å². The molecule has 0 bridgehead atoms. The first-order valence-corrected chi connectivity index (χ1v) is 9.62. The van der Waals surface area contributed by atoms with E-state index in [1.165, 1.54) is 12.5 Å². The van der Waals surface area contributed by atoms with E-state index in [2.05, 4.69) is 30.0 Å². The molecule has 3 aliphatic rings. The molecule has 1 heterocycles. The number of hydrogen-bond acceptors (Lipinski definition) is 5. The van der Waals surface area contributed by atoms with E-state index in [1.54, 1.807) is 6.07 Å². The number of benzene rings is 1. The summed E-state index contributed by atoms with van der Waals surface area (Å²) in [6, 6.07) is 3.74. The number of Topliss-reactive ketones (excluding diaryl/α,β-unsaturated/α-hetero) is 2. The SMILES string of the molecule is CC(=O)c1cc2c(cc1O)N(CCCN(C)C)C1C=CC3=C(CCC3=O)C21. The normalized spacial score (nSPS) is 23.1. The number of anilines is 1. The van der Waals surface area contributed by atoms with E-state index in [4.69, 9.17) is 0 Å². The maximum atomic E-state index is 12.2. The maximum Gasteiger partial charge on any atom is 0.163 e. The van der Waals surface area contributed by atoms with E-state index in [0.29, 0.717) is 12.0 Å². The quantitative estimate of drug-likeness (QED) is 0.812. The fourth-order valence-electron chi connectivity index (χ4n) is 4.75. The molecule has 2 aliphatic carbocycles. The minimum atomic E-state index is -0.138. The molecule has 5 nitrogen and oxygen atoms in total. The van der Waals surface area contributed by atoms with E-state index >= 15 is 0 Å². The van der Waals surface area contributed by atoms with Crippen LogP contribution in [0.3, 0.4) is 0 Å². The van der Waals surface area contributed by atoms with Gasteiger partial charge in [-0.3, -0.25) is 9.59 Å². The van der Waals surface area contributed by atoms with Crippen LogP contribution in [-0.2, 0) is 4.79 Å². The monoisotopic (exact) mass is 366 g/mol. The molecule has 0 amide bonds. The van der Waals surface area contributed by atoms with Gasteiger partial charge in [0.1, 0.15) is 5.75 Å². The minimum absolute atomic E-state index is 0.0400. The Labute approximate surface area is 160 Å². The lowest BCUT2D eigenvalue weighted by Gasteiger charge is -2.31. The van der Waals surface area contributed by atoms with E-state index < -0.39 is 0 Å². The van der Waals surface area contributed by atoms with Crippen LogP contribution in [0.15, 0.2) is 35.4 Å². The van der Waals surface area contributed by atoms with Gasteiger partial charge in [-0.15, -0.1) is 0 Å². The molecule has 1 N–H and O–H groups in total. The Kier molecular flexibility index (Phi) is 4.42. The Hall–Kier alpha value is -2.40. The molecular formula is C22H26N2O3. The summed E-state index contributed by atoms with van der Waals surface area (Å²) in [7, 11) is 4.13. The molecule has 2 unspecified atom stereocenters. The van der Waals surface area contributed by atoms with Crippen LogP contribution >= 0.6 is 0 Å². The van der Waals surface area contributed by atoms with Crippen molar-refractivity contribution < 1.29 is 14.7 Å². The average Bonchev–Trinajstić information content (AvgIpc) is 3.12. The van der Waals surface area contributed by atoms with Crippen LogP contribution in [0.25, 0.3) is 0 Å². The number of carbonyl (C=O) groups excluding carboxylic acids is 2. The predicted molar refractivity (Wildman–Crippen MR) is 106 cm³/mol. The van der Waals surface area contributed by atoms with E-state index in [-0.39, 0.29) is 29.3 Å². The second-order valence-corrected chi connectivity index (χ2v) is 8.02. The van der Waals surface area contributed by atoms with Crippen molar-refractivity contribution in [2.75, 3.05) is 32.1 Å². The summed E-state index contributed by atoms with van der Waals surface area (Å²) in [4.78, 5) is 28.7. The maximum absolute atomic E-state index is 12.2. The summed E-state index contributed by atoms with van der Waals surface area (Å²) in [6.45, 7) is 3.33. The molecule has 5 heteroatoms. The summed E-state index contributed by atoms with van der Waals surface area (Å²) < 4.78 is 0. The summed E-state index contributed by atoms with van der Waals surface area (Å²) >= 11 is 0. The number of phenols is 1. The molecule has 0 radical (unpaired) electrons. The largest absolute Gasteiger partial charge is 0.507 e. The third-order valence-corrected chi connectivity index (χ3v) is 5.98. The zero-order chi connectivity index (χ0) is 19.3. The highest BCUT2D eigenvalue weighted by Gasteiger charge is 2.44. The first kappa shape index (κ1) is 18.0. The van der Waals surface area contributed by atoms with Crippen LogP contribution in [0.4, 0.5) is 5.69 Å². The van der Waals surface area contributed by atoms with Gasteiger partial charge >= 0.3 is 0 Å². The molecule has 1 aromatic rings.